The maximum absolute atomic E-state index is 13.0. The molecule has 2 heterocycles. The summed E-state index contributed by atoms with van der Waals surface area (Å²) < 4.78 is 5.47. The molecular formula is C19H28N2O2. The Morgan fingerprint density at radius 1 is 1.35 bits per heavy atom. The lowest BCUT2D eigenvalue weighted by Gasteiger charge is -2.33. The van der Waals surface area contributed by atoms with Crippen molar-refractivity contribution in [3.05, 3.63) is 29.8 Å². The van der Waals surface area contributed by atoms with Crippen molar-refractivity contribution in [3.8, 4) is 5.75 Å². The van der Waals surface area contributed by atoms with Crippen molar-refractivity contribution < 1.29 is 9.53 Å². The van der Waals surface area contributed by atoms with Crippen LogP contribution in [0.1, 0.15) is 38.2 Å². The van der Waals surface area contributed by atoms with Crippen molar-refractivity contribution in [2.24, 2.45) is 5.92 Å². The number of piperidine rings is 1. The van der Waals surface area contributed by atoms with Gasteiger partial charge in [0, 0.05) is 24.5 Å². The summed E-state index contributed by atoms with van der Waals surface area (Å²) in [5.41, 5.74) is 1.21. The predicted octanol–water partition coefficient (Wildman–Crippen LogP) is 2.62. The number of carbonyl (C=O) groups excluding carboxylic acids is 1. The SMILES string of the molecule is COc1ccccc1CC1CCCN1C(=O)[C@H]1CCN[C@@H](C)C1. The van der Waals surface area contributed by atoms with E-state index in [2.05, 4.69) is 23.2 Å². The lowest BCUT2D eigenvalue weighted by Crippen LogP contribution is -2.46. The summed E-state index contributed by atoms with van der Waals surface area (Å²) in [6.07, 6.45) is 5.06. The molecule has 2 fully saturated rings. The predicted molar refractivity (Wildman–Crippen MR) is 91.6 cm³/mol. The Morgan fingerprint density at radius 3 is 2.96 bits per heavy atom. The molecule has 0 aliphatic carbocycles. The maximum atomic E-state index is 13.0. The Kier molecular flexibility index (Phi) is 5.21. The van der Waals surface area contributed by atoms with Gasteiger partial charge in [-0.25, -0.2) is 0 Å². The molecule has 1 unspecified atom stereocenters. The van der Waals surface area contributed by atoms with E-state index in [0.29, 0.717) is 18.0 Å². The average Bonchev–Trinajstić information content (AvgIpc) is 3.03. The Balaban J connectivity index is 1.68. The average molecular weight is 316 g/mol. The molecule has 4 nitrogen and oxygen atoms in total. The second-order valence-electron chi connectivity index (χ2n) is 6.92. The second-order valence-corrected chi connectivity index (χ2v) is 6.92. The number of hydrogen-bond donors (Lipinski definition) is 1. The van der Waals surface area contributed by atoms with Gasteiger partial charge in [0.05, 0.1) is 7.11 Å². The summed E-state index contributed by atoms with van der Waals surface area (Å²) in [7, 11) is 1.72. The van der Waals surface area contributed by atoms with Crippen LogP contribution in [-0.2, 0) is 11.2 Å². The minimum absolute atomic E-state index is 0.199. The summed E-state index contributed by atoms with van der Waals surface area (Å²) in [6.45, 7) is 4.05. The van der Waals surface area contributed by atoms with E-state index in [4.69, 9.17) is 4.74 Å². The molecule has 1 aromatic carbocycles. The molecule has 2 aliphatic rings. The summed E-state index contributed by atoms with van der Waals surface area (Å²) in [5, 5.41) is 3.44. The van der Waals surface area contributed by atoms with E-state index in [0.717, 1.165) is 50.9 Å². The van der Waals surface area contributed by atoms with Crippen LogP contribution >= 0.6 is 0 Å². The van der Waals surface area contributed by atoms with E-state index in [1.165, 1.54) is 5.56 Å². The Morgan fingerprint density at radius 2 is 2.17 bits per heavy atom. The van der Waals surface area contributed by atoms with E-state index >= 15 is 0 Å². The number of nitrogens with one attached hydrogen (secondary N) is 1. The highest BCUT2D eigenvalue weighted by molar-refractivity contribution is 5.79. The molecule has 2 saturated heterocycles. The smallest absolute Gasteiger partial charge is 0.226 e. The fourth-order valence-electron chi connectivity index (χ4n) is 4.05. The molecule has 0 saturated carbocycles. The van der Waals surface area contributed by atoms with Crippen molar-refractivity contribution in [1.82, 2.24) is 10.2 Å². The molecule has 1 aromatic rings. The summed E-state index contributed by atoms with van der Waals surface area (Å²) in [6, 6.07) is 8.94. The monoisotopic (exact) mass is 316 g/mol. The number of amides is 1. The quantitative estimate of drug-likeness (QED) is 0.928. The van der Waals surface area contributed by atoms with Gasteiger partial charge >= 0.3 is 0 Å². The number of carbonyl (C=O) groups is 1. The molecular weight excluding hydrogens is 288 g/mol. The van der Waals surface area contributed by atoms with E-state index in [1.807, 2.05) is 18.2 Å². The van der Waals surface area contributed by atoms with Crippen LogP contribution in [-0.4, -0.2) is 43.1 Å². The van der Waals surface area contributed by atoms with E-state index in [9.17, 15) is 4.79 Å². The van der Waals surface area contributed by atoms with Gasteiger partial charge in [-0.05, 0) is 57.2 Å². The fraction of sp³-hybridized carbons (Fsp3) is 0.632. The molecule has 1 N–H and O–H groups in total. The summed E-state index contributed by atoms with van der Waals surface area (Å²) in [4.78, 5) is 15.1. The number of benzene rings is 1. The molecule has 0 aromatic heterocycles. The van der Waals surface area contributed by atoms with Gasteiger partial charge in [-0.1, -0.05) is 18.2 Å². The van der Waals surface area contributed by atoms with Gasteiger partial charge in [0.2, 0.25) is 5.91 Å². The van der Waals surface area contributed by atoms with Crippen LogP contribution in [0.2, 0.25) is 0 Å². The van der Waals surface area contributed by atoms with Crippen molar-refractivity contribution in [3.63, 3.8) is 0 Å². The van der Waals surface area contributed by atoms with Gasteiger partial charge in [-0.2, -0.15) is 0 Å². The van der Waals surface area contributed by atoms with Crippen molar-refractivity contribution >= 4 is 5.91 Å². The zero-order chi connectivity index (χ0) is 16.2. The third-order valence-electron chi connectivity index (χ3n) is 5.28. The van der Waals surface area contributed by atoms with Crippen LogP contribution in [0.5, 0.6) is 5.75 Å². The van der Waals surface area contributed by atoms with Crippen LogP contribution < -0.4 is 10.1 Å². The van der Waals surface area contributed by atoms with Gasteiger partial charge < -0.3 is 15.0 Å². The fourth-order valence-corrected chi connectivity index (χ4v) is 4.05. The number of para-hydroxylation sites is 1. The Labute approximate surface area is 139 Å². The largest absolute Gasteiger partial charge is 0.496 e. The third-order valence-corrected chi connectivity index (χ3v) is 5.28. The topological polar surface area (TPSA) is 41.6 Å². The highest BCUT2D eigenvalue weighted by Crippen LogP contribution is 2.29. The molecule has 2 aliphatic heterocycles. The molecule has 126 valence electrons. The van der Waals surface area contributed by atoms with Crippen LogP contribution in [0.4, 0.5) is 0 Å². The number of hydrogen-bond acceptors (Lipinski definition) is 3. The number of rotatable bonds is 4. The van der Waals surface area contributed by atoms with Gasteiger partial charge in [-0.15, -0.1) is 0 Å². The molecule has 3 atom stereocenters. The summed E-state index contributed by atoms with van der Waals surface area (Å²) >= 11 is 0. The first-order valence-corrected chi connectivity index (χ1v) is 8.84. The standard InChI is InChI=1S/C19H28N2O2/c1-14-12-16(9-10-20-14)19(22)21-11-5-7-17(21)13-15-6-3-4-8-18(15)23-2/h3-4,6,8,14,16-17,20H,5,7,9-13H2,1-2H3/t14-,16-,17?/m0/s1. The molecule has 23 heavy (non-hydrogen) atoms. The minimum atomic E-state index is 0.199. The lowest BCUT2D eigenvalue weighted by molar-refractivity contribution is -0.137. The number of likely N-dealkylation sites (tertiary alicyclic amines) is 1. The Bertz CT molecular complexity index is 546. The highest BCUT2D eigenvalue weighted by atomic mass is 16.5. The second kappa shape index (κ2) is 7.35. The minimum Gasteiger partial charge on any atom is -0.496 e. The summed E-state index contributed by atoms with van der Waals surface area (Å²) in [5.74, 6) is 1.50. The van der Waals surface area contributed by atoms with E-state index < -0.39 is 0 Å². The van der Waals surface area contributed by atoms with Crippen molar-refractivity contribution in [2.75, 3.05) is 20.2 Å². The normalized spacial score (nSPS) is 27.9. The first-order chi connectivity index (χ1) is 11.2. The highest BCUT2D eigenvalue weighted by Gasteiger charge is 2.35. The van der Waals surface area contributed by atoms with Crippen LogP contribution in [0.3, 0.4) is 0 Å². The Hall–Kier alpha value is -1.55. The van der Waals surface area contributed by atoms with Gasteiger partial charge in [0.25, 0.3) is 0 Å². The molecule has 1 amide bonds. The van der Waals surface area contributed by atoms with Gasteiger partial charge in [0.15, 0.2) is 0 Å². The van der Waals surface area contributed by atoms with Crippen molar-refractivity contribution in [2.45, 2.75) is 51.1 Å². The number of nitrogens with zero attached hydrogens (tertiary/aromatic N) is 1. The molecule has 4 heteroatoms. The molecule has 0 radical (unpaired) electrons. The third kappa shape index (κ3) is 3.69. The van der Waals surface area contributed by atoms with Gasteiger partial charge in [-0.3, -0.25) is 4.79 Å². The van der Waals surface area contributed by atoms with E-state index in [1.54, 1.807) is 7.11 Å². The first-order valence-electron chi connectivity index (χ1n) is 8.84. The van der Waals surface area contributed by atoms with Crippen LogP contribution in [0.25, 0.3) is 0 Å². The van der Waals surface area contributed by atoms with Crippen LogP contribution in [0.15, 0.2) is 24.3 Å². The molecule has 0 spiro atoms. The first kappa shape index (κ1) is 16.3. The zero-order valence-electron chi connectivity index (χ0n) is 14.3. The van der Waals surface area contributed by atoms with Gasteiger partial charge in [0.1, 0.15) is 5.75 Å². The molecule has 3 rings (SSSR count). The molecule has 0 bridgehead atoms. The van der Waals surface area contributed by atoms with E-state index in [-0.39, 0.29) is 5.92 Å². The van der Waals surface area contributed by atoms with Crippen LogP contribution in [0, 0.1) is 5.92 Å². The lowest BCUT2D eigenvalue weighted by atomic mass is 9.91. The number of methoxy groups -OCH3 is 1. The van der Waals surface area contributed by atoms with Crippen molar-refractivity contribution in [1.29, 1.82) is 0 Å². The maximum Gasteiger partial charge on any atom is 0.226 e. The number of ether oxygens (including phenoxy) is 1. The zero-order valence-corrected chi connectivity index (χ0v) is 14.3.